The van der Waals surface area contributed by atoms with Crippen molar-refractivity contribution in [1.82, 2.24) is 5.43 Å². The van der Waals surface area contributed by atoms with Gasteiger partial charge in [-0.15, -0.1) is 5.10 Å². The number of hydrogen-bond donors (Lipinski definition) is 1. The topological polar surface area (TPSA) is 50.7 Å². The van der Waals surface area contributed by atoms with E-state index in [1.165, 1.54) is 6.40 Å². The molecule has 0 aromatic heterocycles. The lowest BCUT2D eigenvalue weighted by Crippen LogP contribution is -2.19. The summed E-state index contributed by atoms with van der Waals surface area (Å²) in [7, 11) is 0. The van der Waals surface area contributed by atoms with E-state index in [0.717, 1.165) is 5.56 Å². The first-order chi connectivity index (χ1) is 7.33. The number of hydrazone groups is 1. The van der Waals surface area contributed by atoms with Gasteiger partial charge in [0.1, 0.15) is 0 Å². The van der Waals surface area contributed by atoms with Crippen LogP contribution < -0.4 is 5.43 Å². The van der Waals surface area contributed by atoms with Crippen LogP contribution in [0.5, 0.6) is 0 Å². The monoisotopic (exact) mass is 206 g/mol. The third kappa shape index (κ3) is 4.81. The summed E-state index contributed by atoms with van der Waals surface area (Å²) < 4.78 is 4.83. The minimum atomic E-state index is -0.155. The van der Waals surface area contributed by atoms with Crippen LogP contribution in [0.4, 0.5) is 0 Å². The third-order valence-electron chi connectivity index (χ3n) is 1.69. The molecule has 15 heavy (non-hydrogen) atoms. The summed E-state index contributed by atoms with van der Waals surface area (Å²) in [6, 6.07) is 9.49. The average molecular weight is 206 g/mol. The molecule has 1 rings (SSSR count). The molecule has 0 saturated heterocycles. The van der Waals surface area contributed by atoms with E-state index in [4.69, 9.17) is 4.74 Å². The van der Waals surface area contributed by atoms with E-state index in [1.54, 1.807) is 0 Å². The van der Waals surface area contributed by atoms with Crippen LogP contribution in [0.15, 0.2) is 35.4 Å². The van der Waals surface area contributed by atoms with Crippen LogP contribution in [-0.4, -0.2) is 18.9 Å². The zero-order valence-electron chi connectivity index (χ0n) is 8.64. The molecule has 1 N–H and O–H groups in total. The number of nitrogens with one attached hydrogen (secondary N) is 1. The molecule has 0 fully saturated rings. The standard InChI is InChI=1S/C11H14N2O2/c1-2-15-9-12-13-11(14)8-10-6-4-3-5-7-10/h3-7,9H,2,8H2,1H3,(H,13,14)/b12-9+. The third-order valence-corrected chi connectivity index (χ3v) is 1.69. The van der Waals surface area contributed by atoms with Gasteiger partial charge in [-0.1, -0.05) is 30.3 Å². The van der Waals surface area contributed by atoms with E-state index in [2.05, 4.69) is 10.5 Å². The first kappa shape index (κ1) is 11.2. The van der Waals surface area contributed by atoms with Gasteiger partial charge >= 0.3 is 0 Å². The highest BCUT2D eigenvalue weighted by Gasteiger charge is 2.00. The minimum Gasteiger partial charge on any atom is -0.482 e. The molecule has 4 heteroatoms. The number of rotatable bonds is 5. The number of ether oxygens (including phenoxy) is 1. The Morgan fingerprint density at radius 1 is 1.47 bits per heavy atom. The van der Waals surface area contributed by atoms with Gasteiger partial charge < -0.3 is 4.74 Å². The van der Waals surface area contributed by atoms with Crippen LogP contribution >= 0.6 is 0 Å². The number of carbonyl (C=O) groups is 1. The predicted molar refractivity (Wildman–Crippen MR) is 58.4 cm³/mol. The first-order valence-electron chi connectivity index (χ1n) is 4.79. The van der Waals surface area contributed by atoms with E-state index < -0.39 is 0 Å². The van der Waals surface area contributed by atoms with Crippen molar-refractivity contribution < 1.29 is 9.53 Å². The maximum atomic E-state index is 11.3. The highest BCUT2D eigenvalue weighted by molar-refractivity contribution is 5.78. The van der Waals surface area contributed by atoms with Crippen molar-refractivity contribution in [2.75, 3.05) is 6.61 Å². The number of carbonyl (C=O) groups excluding carboxylic acids is 1. The van der Waals surface area contributed by atoms with Gasteiger partial charge in [0.05, 0.1) is 13.0 Å². The first-order valence-corrected chi connectivity index (χ1v) is 4.79. The average Bonchev–Trinajstić information content (AvgIpc) is 2.26. The van der Waals surface area contributed by atoms with Gasteiger partial charge in [0.25, 0.3) is 0 Å². The molecule has 1 amide bonds. The zero-order valence-corrected chi connectivity index (χ0v) is 8.64. The number of amides is 1. The van der Waals surface area contributed by atoms with Crippen LogP contribution in [0.25, 0.3) is 0 Å². The summed E-state index contributed by atoms with van der Waals surface area (Å²) in [6.45, 7) is 2.38. The van der Waals surface area contributed by atoms with Crippen molar-refractivity contribution in [3.8, 4) is 0 Å². The lowest BCUT2D eigenvalue weighted by molar-refractivity contribution is -0.120. The number of hydrogen-bond acceptors (Lipinski definition) is 3. The molecule has 0 bridgehead atoms. The Hall–Kier alpha value is -1.84. The van der Waals surface area contributed by atoms with Crippen LogP contribution in [-0.2, 0) is 16.0 Å². The quantitative estimate of drug-likeness (QED) is 0.449. The van der Waals surface area contributed by atoms with Gasteiger partial charge in [-0.3, -0.25) is 4.79 Å². The highest BCUT2D eigenvalue weighted by Crippen LogP contribution is 1.98. The molecule has 4 nitrogen and oxygen atoms in total. The lowest BCUT2D eigenvalue weighted by Gasteiger charge is -1.99. The second-order valence-corrected chi connectivity index (χ2v) is 2.89. The zero-order chi connectivity index (χ0) is 10.9. The maximum absolute atomic E-state index is 11.3. The van der Waals surface area contributed by atoms with Crippen LogP contribution in [0, 0.1) is 0 Å². The molecule has 0 aliphatic carbocycles. The molecular weight excluding hydrogens is 192 g/mol. The Morgan fingerprint density at radius 2 is 2.20 bits per heavy atom. The maximum Gasteiger partial charge on any atom is 0.244 e. The van der Waals surface area contributed by atoms with E-state index in [0.29, 0.717) is 13.0 Å². The van der Waals surface area contributed by atoms with Crippen molar-refractivity contribution in [2.45, 2.75) is 13.3 Å². The fourth-order valence-electron chi connectivity index (χ4n) is 1.03. The summed E-state index contributed by atoms with van der Waals surface area (Å²) in [4.78, 5) is 11.3. The summed E-state index contributed by atoms with van der Waals surface area (Å²) >= 11 is 0. The van der Waals surface area contributed by atoms with Crippen LogP contribution in [0.1, 0.15) is 12.5 Å². The second kappa shape index (κ2) is 6.59. The van der Waals surface area contributed by atoms with Gasteiger partial charge in [0.15, 0.2) is 6.40 Å². The molecule has 1 aromatic carbocycles. The van der Waals surface area contributed by atoms with Gasteiger partial charge in [0, 0.05) is 0 Å². The Labute approximate surface area is 88.9 Å². The molecule has 0 heterocycles. The molecular formula is C11H14N2O2. The van der Waals surface area contributed by atoms with Crippen LogP contribution in [0.3, 0.4) is 0 Å². The molecule has 0 spiro atoms. The minimum absolute atomic E-state index is 0.155. The number of benzene rings is 1. The molecule has 0 radical (unpaired) electrons. The Kier molecular flexibility index (Phi) is 4.94. The van der Waals surface area contributed by atoms with Gasteiger partial charge in [-0.25, -0.2) is 5.43 Å². The fraction of sp³-hybridized carbons (Fsp3) is 0.273. The molecule has 0 aliphatic heterocycles. The summed E-state index contributed by atoms with van der Waals surface area (Å²) in [6.07, 6.45) is 1.55. The lowest BCUT2D eigenvalue weighted by atomic mass is 10.1. The Morgan fingerprint density at radius 3 is 2.87 bits per heavy atom. The van der Waals surface area contributed by atoms with Crippen molar-refractivity contribution in [1.29, 1.82) is 0 Å². The van der Waals surface area contributed by atoms with E-state index >= 15 is 0 Å². The predicted octanol–water partition coefficient (Wildman–Crippen LogP) is 1.33. The summed E-state index contributed by atoms with van der Waals surface area (Å²) in [5.74, 6) is -0.155. The Bertz CT molecular complexity index is 323. The summed E-state index contributed by atoms with van der Waals surface area (Å²) in [5.41, 5.74) is 3.33. The van der Waals surface area contributed by atoms with E-state index in [-0.39, 0.29) is 5.91 Å². The van der Waals surface area contributed by atoms with E-state index in [1.807, 2.05) is 37.3 Å². The second-order valence-electron chi connectivity index (χ2n) is 2.89. The largest absolute Gasteiger partial charge is 0.482 e. The Balaban J connectivity index is 2.31. The highest BCUT2D eigenvalue weighted by atomic mass is 16.5. The van der Waals surface area contributed by atoms with Crippen molar-refractivity contribution >= 4 is 12.3 Å². The van der Waals surface area contributed by atoms with Crippen LogP contribution in [0.2, 0.25) is 0 Å². The van der Waals surface area contributed by atoms with E-state index in [9.17, 15) is 4.79 Å². The van der Waals surface area contributed by atoms with Crippen molar-refractivity contribution in [3.63, 3.8) is 0 Å². The van der Waals surface area contributed by atoms with Gasteiger partial charge in [-0.05, 0) is 12.5 Å². The normalized spacial score (nSPS) is 10.2. The van der Waals surface area contributed by atoms with Gasteiger partial charge in [-0.2, -0.15) is 0 Å². The SMILES string of the molecule is CCO/C=N/NC(=O)Cc1ccccc1. The summed E-state index contributed by atoms with van der Waals surface area (Å²) in [5, 5.41) is 3.61. The smallest absolute Gasteiger partial charge is 0.244 e. The molecule has 0 saturated carbocycles. The van der Waals surface area contributed by atoms with Crippen molar-refractivity contribution in [2.24, 2.45) is 5.10 Å². The van der Waals surface area contributed by atoms with Crippen molar-refractivity contribution in [3.05, 3.63) is 35.9 Å². The molecule has 0 unspecified atom stereocenters. The molecule has 1 aromatic rings. The molecule has 0 aliphatic rings. The molecule has 0 atom stereocenters. The fourth-order valence-corrected chi connectivity index (χ4v) is 1.03. The number of nitrogens with zero attached hydrogens (tertiary/aromatic N) is 1. The molecule has 80 valence electrons. The van der Waals surface area contributed by atoms with Gasteiger partial charge in [0.2, 0.25) is 5.91 Å².